The Labute approximate surface area is 117 Å². The van der Waals surface area contributed by atoms with Crippen LogP contribution in [0.5, 0.6) is 0 Å². The van der Waals surface area contributed by atoms with Gasteiger partial charge in [0.2, 0.25) is 10.9 Å². The number of carbonyl (C=O) groups is 1. The van der Waals surface area contributed by atoms with E-state index in [2.05, 4.69) is 4.72 Å². The second-order valence-corrected chi connectivity index (χ2v) is 6.43. The highest BCUT2D eigenvalue weighted by atomic mass is 32.2. The lowest BCUT2D eigenvalue weighted by Crippen LogP contribution is -2.40. The fourth-order valence-corrected chi connectivity index (χ4v) is 3.44. The summed E-state index contributed by atoms with van der Waals surface area (Å²) in [6.07, 6.45) is 1.59. The third kappa shape index (κ3) is 3.38. The summed E-state index contributed by atoms with van der Waals surface area (Å²) in [6.45, 7) is 3.04. The molecule has 1 aromatic rings. The third-order valence-electron chi connectivity index (χ3n) is 3.37. The molecular weight excluding hydrogens is 286 g/mol. The second kappa shape index (κ2) is 5.94. The fraction of sp³-hybridized carbons (Fsp3) is 0.583. The first kappa shape index (κ1) is 15.0. The molecule has 0 saturated carbocycles. The number of aromatic carboxylic acids is 1. The number of nitrogens with one attached hydrogen (secondary N) is 1. The van der Waals surface area contributed by atoms with Crippen LogP contribution in [0.15, 0.2) is 21.6 Å². The second-order valence-electron chi connectivity index (χ2n) is 4.78. The maximum atomic E-state index is 12.1. The van der Waals surface area contributed by atoms with E-state index < -0.39 is 21.8 Å². The highest BCUT2D eigenvalue weighted by molar-refractivity contribution is 7.89. The van der Waals surface area contributed by atoms with Crippen molar-refractivity contribution in [3.8, 4) is 0 Å². The minimum Gasteiger partial charge on any atom is -0.475 e. The molecule has 2 heterocycles. The van der Waals surface area contributed by atoms with Gasteiger partial charge in [-0.05, 0) is 37.8 Å². The van der Waals surface area contributed by atoms with Gasteiger partial charge >= 0.3 is 5.97 Å². The van der Waals surface area contributed by atoms with Crippen molar-refractivity contribution in [2.45, 2.75) is 30.9 Å². The van der Waals surface area contributed by atoms with Crippen LogP contribution < -0.4 is 4.72 Å². The van der Waals surface area contributed by atoms with Crippen LogP contribution in [0.3, 0.4) is 0 Å². The summed E-state index contributed by atoms with van der Waals surface area (Å²) in [5.74, 6) is -1.50. The monoisotopic (exact) mass is 303 g/mol. The molecule has 0 bridgehead atoms. The molecule has 0 aliphatic carbocycles. The summed E-state index contributed by atoms with van der Waals surface area (Å²) in [4.78, 5) is 10.7. The Kier molecular flexibility index (Phi) is 4.46. The summed E-state index contributed by atoms with van der Waals surface area (Å²) >= 11 is 0. The molecule has 112 valence electrons. The van der Waals surface area contributed by atoms with Crippen molar-refractivity contribution in [3.63, 3.8) is 0 Å². The van der Waals surface area contributed by atoms with E-state index in [4.69, 9.17) is 14.3 Å². The zero-order valence-corrected chi connectivity index (χ0v) is 11.9. The quantitative estimate of drug-likeness (QED) is 0.843. The molecule has 7 nitrogen and oxygen atoms in total. The number of carboxylic acid groups (broad SMARTS) is 1. The Morgan fingerprint density at radius 1 is 1.40 bits per heavy atom. The standard InChI is InChI=1S/C12H17NO6S/c1-8(9-4-6-18-7-5-9)13-20(16,17)11-3-2-10(19-11)12(14)15/h2-3,8-9,13H,4-7H2,1H3,(H,14,15). The predicted octanol–water partition coefficient (Wildman–Crippen LogP) is 1.07. The van der Waals surface area contributed by atoms with E-state index in [-0.39, 0.29) is 17.1 Å². The van der Waals surface area contributed by atoms with Crippen molar-refractivity contribution in [3.05, 3.63) is 17.9 Å². The van der Waals surface area contributed by atoms with Crippen LogP contribution >= 0.6 is 0 Å². The molecular formula is C12H17NO6S. The summed E-state index contributed by atoms with van der Waals surface area (Å²) in [7, 11) is -3.84. The number of carboxylic acids is 1. The van der Waals surface area contributed by atoms with Crippen LogP contribution in [0.1, 0.15) is 30.3 Å². The maximum Gasteiger partial charge on any atom is 0.371 e. The predicted molar refractivity (Wildman–Crippen MR) is 69.0 cm³/mol. The molecule has 1 aliphatic heterocycles. The largest absolute Gasteiger partial charge is 0.475 e. The number of sulfonamides is 1. The highest BCUT2D eigenvalue weighted by Crippen LogP contribution is 2.21. The summed E-state index contributed by atoms with van der Waals surface area (Å²) in [5.41, 5.74) is 0. The number of hydrogen-bond donors (Lipinski definition) is 2. The Morgan fingerprint density at radius 2 is 2.05 bits per heavy atom. The summed E-state index contributed by atoms with van der Waals surface area (Å²) < 4.78 is 36.8. The molecule has 1 aromatic heterocycles. The van der Waals surface area contributed by atoms with Crippen LogP contribution in [0.2, 0.25) is 0 Å². The van der Waals surface area contributed by atoms with Gasteiger partial charge in [0, 0.05) is 19.3 Å². The molecule has 1 fully saturated rings. The molecule has 20 heavy (non-hydrogen) atoms. The number of furan rings is 1. The maximum absolute atomic E-state index is 12.1. The number of hydrogen-bond acceptors (Lipinski definition) is 5. The van der Waals surface area contributed by atoms with Gasteiger partial charge < -0.3 is 14.3 Å². The van der Waals surface area contributed by atoms with E-state index in [0.717, 1.165) is 25.0 Å². The van der Waals surface area contributed by atoms with Gasteiger partial charge in [0.15, 0.2) is 0 Å². The lowest BCUT2D eigenvalue weighted by Gasteiger charge is -2.27. The van der Waals surface area contributed by atoms with Gasteiger partial charge in [-0.15, -0.1) is 0 Å². The first-order chi connectivity index (χ1) is 9.40. The van der Waals surface area contributed by atoms with Crippen LogP contribution in [-0.2, 0) is 14.8 Å². The highest BCUT2D eigenvalue weighted by Gasteiger charge is 2.27. The smallest absolute Gasteiger partial charge is 0.371 e. The average Bonchev–Trinajstić information content (AvgIpc) is 2.90. The lowest BCUT2D eigenvalue weighted by molar-refractivity contribution is 0.0584. The minimum atomic E-state index is -3.84. The first-order valence-electron chi connectivity index (χ1n) is 6.33. The van der Waals surface area contributed by atoms with Crippen molar-refractivity contribution in [1.29, 1.82) is 0 Å². The van der Waals surface area contributed by atoms with Gasteiger partial charge in [0.05, 0.1) is 0 Å². The molecule has 1 unspecified atom stereocenters. The Balaban J connectivity index is 2.07. The summed E-state index contributed by atoms with van der Waals surface area (Å²) in [5, 5.41) is 8.35. The molecule has 2 N–H and O–H groups in total. The Morgan fingerprint density at radius 3 is 2.60 bits per heavy atom. The SMILES string of the molecule is CC(NS(=O)(=O)c1ccc(C(=O)O)o1)C1CCOCC1. The van der Waals surface area contributed by atoms with Gasteiger partial charge in [0.25, 0.3) is 10.0 Å². The van der Waals surface area contributed by atoms with Crippen molar-refractivity contribution >= 4 is 16.0 Å². The fourth-order valence-electron chi connectivity index (χ4n) is 2.19. The van der Waals surface area contributed by atoms with E-state index in [0.29, 0.717) is 13.2 Å². The van der Waals surface area contributed by atoms with E-state index in [1.807, 2.05) is 0 Å². The van der Waals surface area contributed by atoms with Gasteiger partial charge in [-0.2, -0.15) is 0 Å². The molecule has 1 saturated heterocycles. The first-order valence-corrected chi connectivity index (χ1v) is 7.81. The van der Waals surface area contributed by atoms with Crippen molar-refractivity contribution in [2.75, 3.05) is 13.2 Å². The molecule has 1 atom stereocenters. The molecule has 0 aromatic carbocycles. The zero-order chi connectivity index (χ0) is 14.8. The summed E-state index contributed by atoms with van der Waals surface area (Å²) in [6, 6.07) is 2.00. The number of ether oxygens (including phenoxy) is 1. The van der Waals surface area contributed by atoms with Crippen LogP contribution in [0.25, 0.3) is 0 Å². The van der Waals surface area contributed by atoms with Gasteiger partial charge in [0.1, 0.15) is 0 Å². The van der Waals surface area contributed by atoms with Crippen LogP contribution in [0, 0.1) is 5.92 Å². The third-order valence-corrected chi connectivity index (χ3v) is 4.80. The van der Waals surface area contributed by atoms with E-state index in [1.165, 1.54) is 0 Å². The molecule has 1 aliphatic rings. The molecule has 0 radical (unpaired) electrons. The van der Waals surface area contributed by atoms with Gasteiger partial charge in [-0.3, -0.25) is 0 Å². The minimum absolute atomic E-state index is 0.201. The Hall–Kier alpha value is -1.38. The van der Waals surface area contributed by atoms with Crippen LogP contribution in [-0.4, -0.2) is 38.7 Å². The van der Waals surface area contributed by atoms with E-state index >= 15 is 0 Å². The van der Waals surface area contributed by atoms with Gasteiger partial charge in [-0.1, -0.05) is 0 Å². The molecule has 0 spiro atoms. The molecule has 0 amide bonds. The van der Waals surface area contributed by atoms with Crippen molar-refractivity contribution in [2.24, 2.45) is 5.92 Å². The molecule has 8 heteroatoms. The molecule has 2 rings (SSSR count). The zero-order valence-electron chi connectivity index (χ0n) is 11.0. The van der Waals surface area contributed by atoms with Gasteiger partial charge in [-0.25, -0.2) is 17.9 Å². The van der Waals surface area contributed by atoms with E-state index in [9.17, 15) is 13.2 Å². The number of rotatable bonds is 5. The van der Waals surface area contributed by atoms with Crippen molar-refractivity contribution < 1.29 is 27.5 Å². The topological polar surface area (TPSA) is 106 Å². The van der Waals surface area contributed by atoms with Crippen LogP contribution in [0.4, 0.5) is 0 Å². The lowest BCUT2D eigenvalue weighted by atomic mass is 9.94. The average molecular weight is 303 g/mol. The van der Waals surface area contributed by atoms with E-state index in [1.54, 1.807) is 6.92 Å². The van der Waals surface area contributed by atoms with Crippen molar-refractivity contribution in [1.82, 2.24) is 4.72 Å². The normalized spacial score (nSPS) is 18.9. The Bertz CT molecular complexity index is 573.